The zero-order valence-corrected chi connectivity index (χ0v) is 13.7. The van der Waals surface area contributed by atoms with E-state index in [9.17, 15) is 9.90 Å². The summed E-state index contributed by atoms with van der Waals surface area (Å²) in [5.74, 6) is 0.706. The number of amides is 1. The molecule has 2 aromatic carbocycles. The SMILES string of the molecule is COc1ccc(/C=N/NC(=O)CC(C)Nc2ccccc2O)cc1. The van der Waals surface area contributed by atoms with E-state index in [0.29, 0.717) is 5.69 Å². The first-order chi connectivity index (χ1) is 11.6. The second-order valence-corrected chi connectivity index (χ2v) is 5.33. The minimum atomic E-state index is -0.213. The van der Waals surface area contributed by atoms with Crippen LogP contribution < -0.4 is 15.5 Å². The Balaban J connectivity index is 1.79. The maximum atomic E-state index is 11.9. The van der Waals surface area contributed by atoms with E-state index in [1.807, 2.05) is 37.3 Å². The zero-order chi connectivity index (χ0) is 17.4. The number of phenols is 1. The number of hydrogen-bond donors (Lipinski definition) is 3. The maximum Gasteiger partial charge on any atom is 0.242 e. The monoisotopic (exact) mass is 327 g/mol. The van der Waals surface area contributed by atoms with Crippen molar-refractivity contribution in [3.8, 4) is 11.5 Å². The lowest BCUT2D eigenvalue weighted by Gasteiger charge is -2.15. The van der Waals surface area contributed by atoms with Crippen LogP contribution in [-0.2, 0) is 4.79 Å². The summed E-state index contributed by atoms with van der Waals surface area (Å²) < 4.78 is 5.07. The molecule has 1 atom stereocenters. The van der Waals surface area contributed by atoms with Crippen molar-refractivity contribution in [2.45, 2.75) is 19.4 Å². The summed E-state index contributed by atoms with van der Waals surface area (Å²) in [5, 5.41) is 16.7. The van der Waals surface area contributed by atoms with Crippen molar-refractivity contribution in [1.29, 1.82) is 0 Å². The average molecular weight is 327 g/mol. The first-order valence-corrected chi connectivity index (χ1v) is 7.59. The summed E-state index contributed by atoms with van der Waals surface area (Å²) in [5.41, 5.74) is 3.94. The summed E-state index contributed by atoms with van der Waals surface area (Å²) in [6.45, 7) is 1.86. The van der Waals surface area contributed by atoms with Crippen LogP contribution in [0.25, 0.3) is 0 Å². The Kier molecular flexibility index (Phi) is 6.19. The number of nitrogens with one attached hydrogen (secondary N) is 2. The second-order valence-electron chi connectivity index (χ2n) is 5.33. The molecule has 24 heavy (non-hydrogen) atoms. The zero-order valence-electron chi connectivity index (χ0n) is 13.7. The van der Waals surface area contributed by atoms with Crippen LogP contribution in [0.3, 0.4) is 0 Å². The Bertz CT molecular complexity index is 699. The van der Waals surface area contributed by atoms with Gasteiger partial charge < -0.3 is 15.2 Å². The fraction of sp³-hybridized carbons (Fsp3) is 0.222. The number of phenolic OH excluding ortho intramolecular Hbond substituents is 1. The maximum absolute atomic E-state index is 11.9. The van der Waals surface area contributed by atoms with Gasteiger partial charge in [0.1, 0.15) is 11.5 Å². The first-order valence-electron chi connectivity index (χ1n) is 7.59. The predicted molar refractivity (Wildman–Crippen MR) is 94.5 cm³/mol. The second kappa shape index (κ2) is 8.57. The van der Waals surface area contributed by atoms with Gasteiger partial charge in [0.2, 0.25) is 5.91 Å². The van der Waals surface area contributed by atoms with E-state index < -0.39 is 0 Å². The fourth-order valence-electron chi connectivity index (χ4n) is 2.10. The van der Waals surface area contributed by atoms with Gasteiger partial charge in [-0.25, -0.2) is 5.43 Å². The highest BCUT2D eigenvalue weighted by Crippen LogP contribution is 2.22. The number of hydrogen-bond acceptors (Lipinski definition) is 5. The largest absolute Gasteiger partial charge is 0.506 e. The number of aromatic hydroxyl groups is 1. The number of benzene rings is 2. The van der Waals surface area contributed by atoms with Crippen molar-refractivity contribution in [2.24, 2.45) is 5.10 Å². The first kappa shape index (κ1) is 17.3. The van der Waals surface area contributed by atoms with Gasteiger partial charge in [0.25, 0.3) is 0 Å². The number of ether oxygens (including phenoxy) is 1. The smallest absolute Gasteiger partial charge is 0.242 e. The Labute approximate surface area is 141 Å². The number of carbonyl (C=O) groups excluding carboxylic acids is 1. The molecule has 0 saturated heterocycles. The Hall–Kier alpha value is -3.02. The molecule has 3 N–H and O–H groups in total. The molecule has 6 heteroatoms. The molecular formula is C18H21N3O3. The van der Waals surface area contributed by atoms with Crippen molar-refractivity contribution in [1.82, 2.24) is 5.43 Å². The van der Waals surface area contributed by atoms with Gasteiger partial charge in [0.15, 0.2) is 0 Å². The van der Waals surface area contributed by atoms with Gasteiger partial charge in [-0.15, -0.1) is 0 Å². The third-order valence-electron chi connectivity index (χ3n) is 3.32. The van der Waals surface area contributed by atoms with Crippen molar-refractivity contribution < 1.29 is 14.6 Å². The quantitative estimate of drug-likeness (QED) is 0.415. The number of methoxy groups -OCH3 is 1. The van der Waals surface area contributed by atoms with Crippen molar-refractivity contribution in [3.63, 3.8) is 0 Å². The van der Waals surface area contributed by atoms with Crippen molar-refractivity contribution in [3.05, 3.63) is 54.1 Å². The Morgan fingerprint density at radius 2 is 1.96 bits per heavy atom. The van der Waals surface area contributed by atoms with E-state index in [-0.39, 0.29) is 24.1 Å². The third kappa shape index (κ3) is 5.31. The van der Waals surface area contributed by atoms with E-state index in [0.717, 1.165) is 11.3 Å². The van der Waals surface area contributed by atoms with Crippen LogP contribution in [-0.4, -0.2) is 30.4 Å². The molecule has 1 amide bonds. The van der Waals surface area contributed by atoms with Gasteiger partial charge in [-0.3, -0.25) is 4.79 Å². The van der Waals surface area contributed by atoms with Crippen LogP contribution in [0.4, 0.5) is 5.69 Å². The Morgan fingerprint density at radius 1 is 1.25 bits per heavy atom. The lowest BCUT2D eigenvalue weighted by Crippen LogP contribution is -2.26. The van der Waals surface area contributed by atoms with Crippen molar-refractivity contribution >= 4 is 17.8 Å². The number of nitrogens with zero attached hydrogens (tertiary/aromatic N) is 1. The van der Waals surface area contributed by atoms with E-state index in [1.54, 1.807) is 31.5 Å². The highest BCUT2D eigenvalue weighted by atomic mass is 16.5. The molecule has 0 fully saturated rings. The van der Waals surface area contributed by atoms with Crippen LogP contribution in [0.15, 0.2) is 53.6 Å². The molecule has 0 aromatic heterocycles. The third-order valence-corrected chi connectivity index (χ3v) is 3.32. The number of rotatable bonds is 7. The molecule has 2 rings (SSSR count). The molecule has 0 spiro atoms. The molecule has 126 valence electrons. The molecule has 6 nitrogen and oxygen atoms in total. The summed E-state index contributed by atoms with van der Waals surface area (Å²) in [4.78, 5) is 11.9. The highest BCUT2D eigenvalue weighted by Gasteiger charge is 2.09. The van der Waals surface area contributed by atoms with E-state index in [4.69, 9.17) is 4.74 Å². The van der Waals surface area contributed by atoms with E-state index in [2.05, 4.69) is 15.8 Å². The fourth-order valence-corrected chi connectivity index (χ4v) is 2.10. The minimum absolute atomic E-state index is 0.144. The molecule has 0 heterocycles. The van der Waals surface area contributed by atoms with Crippen LogP contribution in [0.2, 0.25) is 0 Å². The molecule has 1 unspecified atom stereocenters. The average Bonchev–Trinajstić information content (AvgIpc) is 2.57. The van der Waals surface area contributed by atoms with Crippen LogP contribution in [0, 0.1) is 0 Å². The predicted octanol–water partition coefficient (Wildman–Crippen LogP) is 2.74. The summed E-state index contributed by atoms with van der Waals surface area (Å²) in [6, 6.07) is 14.1. The molecular weight excluding hydrogens is 306 g/mol. The van der Waals surface area contributed by atoms with Crippen LogP contribution in [0.1, 0.15) is 18.9 Å². The summed E-state index contributed by atoms with van der Waals surface area (Å²) in [7, 11) is 1.60. The van der Waals surface area contributed by atoms with Crippen LogP contribution >= 0.6 is 0 Å². The molecule has 0 aliphatic rings. The number of para-hydroxylation sites is 2. The number of hydrazone groups is 1. The van der Waals surface area contributed by atoms with Gasteiger partial charge in [-0.1, -0.05) is 12.1 Å². The van der Waals surface area contributed by atoms with Gasteiger partial charge in [0, 0.05) is 12.5 Å². The summed E-state index contributed by atoms with van der Waals surface area (Å²) in [6.07, 6.45) is 1.80. The lowest BCUT2D eigenvalue weighted by atomic mass is 10.2. The van der Waals surface area contributed by atoms with Gasteiger partial charge in [0.05, 0.1) is 19.0 Å². The standard InChI is InChI=1S/C18H21N3O3/c1-13(20-16-5-3-4-6-17(16)22)11-18(23)21-19-12-14-7-9-15(24-2)10-8-14/h3-10,12-13,20,22H,11H2,1-2H3,(H,21,23)/b19-12+. The normalized spacial score (nSPS) is 11.9. The molecule has 0 bridgehead atoms. The highest BCUT2D eigenvalue weighted by molar-refractivity contribution is 5.82. The number of anilines is 1. The molecule has 0 aliphatic heterocycles. The summed E-state index contributed by atoms with van der Waals surface area (Å²) >= 11 is 0. The van der Waals surface area contributed by atoms with Gasteiger partial charge >= 0.3 is 0 Å². The van der Waals surface area contributed by atoms with Crippen molar-refractivity contribution in [2.75, 3.05) is 12.4 Å². The lowest BCUT2D eigenvalue weighted by molar-refractivity contribution is -0.121. The Morgan fingerprint density at radius 3 is 2.62 bits per heavy atom. The molecule has 2 aromatic rings. The minimum Gasteiger partial charge on any atom is -0.506 e. The van der Waals surface area contributed by atoms with Crippen LogP contribution in [0.5, 0.6) is 11.5 Å². The van der Waals surface area contributed by atoms with Gasteiger partial charge in [-0.05, 0) is 48.9 Å². The number of carbonyl (C=O) groups is 1. The molecule has 0 radical (unpaired) electrons. The molecule has 0 aliphatic carbocycles. The topological polar surface area (TPSA) is 83.0 Å². The van der Waals surface area contributed by atoms with E-state index >= 15 is 0 Å². The van der Waals surface area contributed by atoms with Gasteiger partial charge in [-0.2, -0.15) is 5.10 Å². The molecule has 0 saturated carbocycles. The van der Waals surface area contributed by atoms with E-state index in [1.165, 1.54) is 0 Å².